The maximum absolute atomic E-state index is 13.3. The molecule has 4 heterocycles. The van der Waals surface area contributed by atoms with Gasteiger partial charge in [-0.2, -0.15) is 0 Å². The highest BCUT2D eigenvalue weighted by Crippen LogP contribution is 2.38. The van der Waals surface area contributed by atoms with Gasteiger partial charge < -0.3 is 14.6 Å². The van der Waals surface area contributed by atoms with Crippen molar-refractivity contribution in [1.29, 1.82) is 0 Å². The minimum atomic E-state index is 0.134. The van der Waals surface area contributed by atoms with Crippen LogP contribution in [0.5, 0.6) is 5.88 Å². The average Bonchev–Trinajstić information content (AvgIpc) is 3.21. The lowest BCUT2D eigenvalue weighted by atomic mass is 9.98. The molecule has 132 valence electrons. The number of piperidine rings is 1. The molecule has 1 amide bonds. The summed E-state index contributed by atoms with van der Waals surface area (Å²) < 4.78 is 6.07. The summed E-state index contributed by atoms with van der Waals surface area (Å²) in [6, 6.07) is 14.2. The van der Waals surface area contributed by atoms with E-state index in [0.29, 0.717) is 5.88 Å². The first-order valence-electron chi connectivity index (χ1n) is 9.26. The second-order valence-electron chi connectivity index (χ2n) is 7.22. The molecule has 2 saturated heterocycles. The Kier molecular flexibility index (Phi) is 3.66. The van der Waals surface area contributed by atoms with Gasteiger partial charge in [0.1, 0.15) is 6.10 Å². The van der Waals surface area contributed by atoms with E-state index in [4.69, 9.17) is 4.74 Å². The quantitative estimate of drug-likeness (QED) is 0.784. The number of carbonyl (C=O) groups excluding carboxylic acids is 1. The van der Waals surface area contributed by atoms with Crippen LogP contribution in [0.2, 0.25) is 0 Å². The first kappa shape index (κ1) is 15.4. The highest BCUT2D eigenvalue weighted by atomic mass is 16.5. The summed E-state index contributed by atoms with van der Waals surface area (Å²) in [6.07, 6.45) is 7.60. The summed E-state index contributed by atoms with van der Waals surface area (Å²) in [4.78, 5) is 22.8. The van der Waals surface area contributed by atoms with Crippen LogP contribution in [-0.2, 0) is 0 Å². The molecule has 2 aliphatic rings. The van der Waals surface area contributed by atoms with Gasteiger partial charge in [0.05, 0.1) is 5.56 Å². The van der Waals surface area contributed by atoms with Crippen molar-refractivity contribution in [2.45, 2.75) is 43.9 Å². The van der Waals surface area contributed by atoms with Crippen molar-refractivity contribution in [3.63, 3.8) is 0 Å². The maximum atomic E-state index is 13.3. The third kappa shape index (κ3) is 2.55. The van der Waals surface area contributed by atoms with E-state index in [1.54, 1.807) is 6.20 Å². The van der Waals surface area contributed by atoms with Crippen molar-refractivity contribution >= 4 is 16.8 Å². The molecule has 1 aromatic carbocycles. The van der Waals surface area contributed by atoms with E-state index in [2.05, 4.69) is 14.9 Å². The second kappa shape index (κ2) is 6.16. The predicted octanol–water partition coefficient (Wildman–Crippen LogP) is 3.78. The molecule has 0 aliphatic carbocycles. The molecule has 3 aromatic rings. The number of hydrogen-bond acceptors (Lipinski definition) is 3. The number of aromatic nitrogens is 2. The average molecular weight is 347 g/mol. The van der Waals surface area contributed by atoms with Gasteiger partial charge in [-0.15, -0.1) is 0 Å². The van der Waals surface area contributed by atoms with E-state index >= 15 is 0 Å². The Bertz CT molecular complexity index is 923. The summed E-state index contributed by atoms with van der Waals surface area (Å²) in [6.45, 7) is 0. The fourth-order valence-electron chi connectivity index (χ4n) is 4.53. The number of rotatable bonds is 3. The molecule has 2 aliphatic heterocycles. The van der Waals surface area contributed by atoms with Crippen LogP contribution in [0.4, 0.5) is 0 Å². The van der Waals surface area contributed by atoms with E-state index in [-0.39, 0.29) is 24.1 Å². The van der Waals surface area contributed by atoms with Crippen LogP contribution in [0.1, 0.15) is 36.0 Å². The highest BCUT2D eigenvalue weighted by Gasteiger charge is 2.44. The Morgan fingerprint density at radius 2 is 1.85 bits per heavy atom. The zero-order valence-electron chi connectivity index (χ0n) is 14.5. The number of benzene rings is 1. The molecular weight excluding hydrogens is 326 g/mol. The number of aromatic amines is 1. The van der Waals surface area contributed by atoms with Gasteiger partial charge >= 0.3 is 0 Å². The monoisotopic (exact) mass is 347 g/mol. The number of H-pyrrole nitrogens is 1. The van der Waals surface area contributed by atoms with Crippen LogP contribution >= 0.6 is 0 Å². The molecule has 5 nitrogen and oxygen atoms in total. The van der Waals surface area contributed by atoms with E-state index in [9.17, 15) is 4.79 Å². The lowest BCUT2D eigenvalue weighted by Gasteiger charge is -2.38. The zero-order chi connectivity index (χ0) is 17.5. The minimum absolute atomic E-state index is 0.134. The molecule has 0 radical (unpaired) electrons. The third-order valence-corrected chi connectivity index (χ3v) is 5.67. The number of amides is 1. The van der Waals surface area contributed by atoms with Crippen molar-refractivity contribution in [2.24, 2.45) is 0 Å². The molecule has 0 spiro atoms. The number of nitrogens with one attached hydrogen (secondary N) is 1. The summed E-state index contributed by atoms with van der Waals surface area (Å²) in [5, 5.41) is 1.00. The topological polar surface area (TPSA) is 58.2 Å². The normalized spacial score (nSPS) is 24.8. The Morgan fingerprint density at radius 1 is 1.08 bits per heavy atom. The molecule has 2 aromatic heterocycles. The minimum Gasteiger partial charge on any atom is -0.474 e. The Labute approximate surface area is 152 Å². The van der Waals surface area contributed by atoms with E-state index < -0.39 is 0 Å². The number of fused-ring (bicyclic) bond motifs is 3. The van der Waals surface area contributed by atoms with E-state index in [0.717, 1.165) is 42.1 Å². The molecule has 2 atom stereocenters. The fourth-order valence-corrected chi connectivity index (χ4v) is 4.53. The highest BCUT2D eigenvalue weighted by molar-refractivity contribution is 6.07. The lowest BCUT2D eigenvalue weighted by molar-refractivity contribution is 0.0349. The van der Waals surface area contributed by atoms with Crippen molar-refractivity contribution in [3.8, 4) is 5.88 Å². The number of nitrogens with zero attached hydrogens (tertiary/aromatic N) is 2. The standard InChI is InChI=1S/C21H21N3O2/c25-21(18-13-23-19-6-2-1-5-17(18)19)24-14-8-9-15(24)12-16(11-14)26-20-7-3-4-10-22-20/h1-7,10,13-16,23H,8-9,11-12H2. The molecule has 5 rings (SSSR count). The first-order valence-corrected chi connectivity index (χ1v) is 9.26. The largest absolute Gasteiger partial charge is 0.474 e. The molecule has 2 unspecified atom stereocenters. The summed E-state index contributed by atoms with van der Waals surface area (Å²) in [5.74, 6) is 0.819. The zero-order valence-corrected chi connectivity index (χ0v) is 14.5. The van der Waals surface area contributed by atoms with E-state index in [1.807, 2.05) is 48.7 Å². The number of carbonyl (C=O) groups is 1. The molecule has 26 heavy (non-hydrogen) atoms. The SMILES string of the molecule is O=C(c1c[nH]c2ccccc12)N1C2CCC1CC(Oc1ccccn1)C2. The molecule has 2 bridgehead atoms. The number of hydrogen-bond donors (Lipinski definition) is 1. The van der Waals surface area contributed by atoms with Crippen LogP contribution < -0.4 is 4.74 Å². The molecular formula is C21H21N3O2. The fraction of sp³-hybridized carbons (Fsp3) is 0.333. The van der Waals surface area contributed by atoms with Crippen LogP contribution in [0.3, 0.4) is 0 Å². The van der Waals surface area contributed by atoms with Crippen LogP contribution in [0.25, 0.3) is 10.9 Å². The van der Waals surface area contributed by atoms with Crippen molar-refractivity contribution < 1.29 is 9.53 Å². The van der Waals surface area contributed by atoms with Crippen LogP contribution in [0.15, 0.2) is 54.9 Å². The van der Waals surface area contributed by atoms with Gasteiger partial charge in [-0.25, -0.2) is 4.98 Å². The van der Waals surface area contributed by atoms with Gasteiger partial charge in [0, 0.05) is 54.3 Å². The maximum Gasteiger partial charge on any atom is 0.256 e. The Balaban J connectivity index is 1.36. The van der Waals surface area contributed by atoms with Gasteiger partial charge in [-0.05, 0) is 25.0 Å². The second-order valence-corrected chi connectivity index (χ2v) is 7.22. The Morgan fingerprint density at radius 3 is 2.62 bits per heavy atom. The number of para-hydroxylation sites is 1. The smallest absolute Gasteiger partial charge is 0.256 e. The predicted molar refractivity (Wildman–Crippen MR) is 99.2 cm³/mol. The van der Waals surface area contributed by atoms with Crippen LogP contribution in [-0.4, -0.2) is 39.0 Å². The first-order chi connectivity index (χ1) is 12.8. The van der Waals surface area contributed by atoms with Crippen molar-refractivity contribution in [3.05, 3.63) is 60.4 Å². The Hall–Kier alpha value is -2.82. The van der Waals surface area contributed by atoms with Gasteiger partial charge in [0.15, 0.2) is 0 Å². The summed E-state index contributed by atoms with van der Waals surface area (Å²) in [5.41, 5.74) is 1.79. The molecule has 0 saturated carbocycles. The number of pyridine rings is 1. The van der Waals surface area contributed by atoms with Gasteiger partial charge in [0.25, 0.3) is 5.91 Å². The van der Waals surface area contributed by atoms with Crippen molar-refractivity contribution in [1.82, 2.24) is 14.9 Å². The van der Waals surface area contributed by atoms with Crippen molar-refractivity contribution in [2.75, 3.05) is 0 Å². The number of ether oxygens (including phenoxy) is 1. The lowest BCUT2D eigenvalue weighted by Crippen LogP contribution is -2.49. The van der Waals surface area contributed by atoms with E-state index in [1.165, 1.54) is 0 Å². The van der Waals surface area contributed by atoms with Gasteiger partial charge in [-0.3, -0.25) is 4.79 Å². The summed E-state index contributed by atoms with van der Waals surface area (Å²) in [7, 11) is 0. The molecule has 5 heteroatoms. The third-order valence-electron chi connectivity index (χ3n) is 5.67. The molecule has 2 fully saturated rings. The van der Waals surface area contributed by atoms with Crippen LogP contribution in [0, 0.1) is 0 Å². The van der Waals surface area contributed by atoms with Gasteiger partial charge in [-0.1, -0.05) is 24.3 Å². The van der Waals surface area contributed by atoms with Gasteiger partial charge in [0.2, 0.25) is 5.88 Å². The summed E-state index contributed by atoms with van der Waals surface area (Å²) >= 11 is 0. The molecule has 1 N–H and O–H groups in total.